The average Bonchev–Trinajstić information content (AvgIpc) is 3.33. The van der Waals surface area contributed by atoms with Crippen molar-refractivity contribution in [2.24, 2.45) is 5.73 Å². The van der Waals surface area contributed by atoms with Crippen molar-refractivity contribution in [3.63, 3.8) is 0 Å². The van der Waals surface area contributed by atoms with Crippen LogP contribution in [0.5, 0.6) is 0 Å². The quantitative estimate of drug-likeness (QED) is 0.599. The molecule has 1 aliphatic carbocycles. The highest BCUT2D eigenvalue weighted by molar-refractivity contribution is 7.17. The normalized spacial score (nSPS) is 15.5. The summed E-state index contributed by atoms with van der Waals surface area (Å²) in [5.74, 6) is -0.353. The van der Waals surface area contributed by atoms with Gasteiger partial charge in [0.25, 0.3) is 5.91 Å². The second kappa shape index (κ2) is 8.41. The van der Waals surface area contributed by atoms with Gasteiger partial charge in [-0.1, -0.05) is 29.4 Å². The Hall–Kier alpha value is -2.97. The maximum Gasteiger partial charge on any atom is 0.341 e. The van der Waals surface area contributed by atoms with Crippen LogP contribution in [0.15, 0.2) is 34.9 Å². The first kappa shape index (κ1) is 20.3. The summed E-state index contributed by atoms with van der Waals surface area (Å²) in [4.78, 5) is 26.5. The summed E-state index contributed by atoms with van der Waals surface area (Å²) in [5, 5.41) is 7.22. The molecule has 7 nitrogen and oxygen atoms in total. The first-order valence-electron chi connectivity index (χ1n) is 9.89. The van der Waals surface area contributed by atoms with E-state index in [9.17, 15) is 9.59 Å². The molecule has 0 bridgehead atoms. The second-order valence-corrected chi connectivity index (χ2v) is 8.38. The summed E-state index contributed by atoms with van der Waals surface area (Å²) < 4.78 is 10.6. The number of nitrogens with zero attached hydrogens (tertiary/aromatic N) is 1. The number of hydrogen-bond acceptors (Lipinski definition) is 7. The lowest BCUT2D eigenvalue weighted by atomic mass is 9.92. The largest absolute Gasteiger partial charge is 0.462 e. The smallest absolute Gasteiger partial charge is 0.341 e. The lowest BCUT2D eigenvalue weighted by Gasteiger charge is -2.18. The fourth-order valence-corrected chi connectivity index (χ4v) is 4.97. The number of fused-ring (bicyclic) bond motifs is 1. The van der Waals surface area contributed by atoms with Gasteiger partial charge >= 0.3 is 5.97 Å². The third-order valence-corrected chi connectivity index (χ3v) is 6.33. The van der Waals surface area contributed by atoms with Crippen LogP contribution in [0.3, 0.4) is 0 Å². The molecule has 0 spiro atoms. The number of anilines is 1. The zero-order valence-corrected chi connectivity index (χ0v) is 17.7. The van der Waals surface area contributed by atoms with E-state index < -0.39 is 11.9 Å². The molecule has 0 fully saturated rings. The molecule has 0 unspecified atom stereocenters. The first-order chi connectivity index (χ1) is 14.5. The van der Waals surface area contributed by atoms with Gasteiger partial charge in [-0.3, -0.25) is 4.79 Å². The molecule has 156 valence electrons. The van der Waals surface area contributed by atoms with Gasteiger partial charge in [0.1, 0.15) is 5.00 Å². The SMILES string of the molecule is CCOC(=O)c1c(NC(=O)c2cc(-c3ccccc3C)on2)sc2c1CC[C@@H](N)C2. The van der Waals surface area contributed by atoms with Crippen LogP contribution in [0.25, 0.3) is 11.3 Å². The lowest BCUT2D eigenvalue weighted by molar-refractivity contribution is 0.0526. The summed E-state index contributed by atoms with van der Waals surface area (Å²) in [6, 6.07) is 9.37. The number of carbonyl (C=O) groups excluding carboxylic acids is 2. The summed E-state index contributed by atoms with van der Waals surface area (Å²) in [5.41, 5.74) is 9.48. The van der Waals surface area contributed by atoms with Crippen molar-refractivity contribution in [1.29, 1.82) is 0 Å². The van der Waals surface area contributed by atoms with Crippen LogP contribution in [-0.2, 0) is 17.6 Å². The third-order valence-electron chi connectivity index (χ3n) is 5.16. The number of nitrogens with one attached hydrogen (secondary N) is 1. The summed E-state index contributed by atoms with van der Waals surface area (Å²) in [6.07, 6.45) is 2.18. The topological polar surface area (TPSA) is 107 Å². The predicted octanol–water partition coefficient (Wildman–Crippen LogP) is 3.96. The van der Waals surface area contributed by atoms with E-state index in [1.165, 1.54) is 11.3 Å². The van der Waals surface area contributed by atoms with E-state index in [0.29, 0.717) is 29.2 Å². The van der Waals surface area contributed by atoms with Crippen LogP contribution in [0.2, 0.25) is 0 Å². The molecular formula is C22H23N3O4S. The van der Waals surface area contributed by atoms with Gasteiger partial charge < -0.3 is 20.3 Å². The first-order valence-corrected chi connectivity index (χ1v) is 10.7. The zero-order chi connectivity index (χ0) is 21.3. The van der Waals surface area contributed by atoms with E-state index in [-0.39, 0.29) is 18.3 Å². The fourth-order valence-electron chi connectivity index (χ4n) is 3.64. The Morgan fingerprint density at radius 1 is 1.37 bits per heavy atom. The third kappa shape index (κ3) is 3.88. The molecule has 4 rings (SSSR count). The van der Waals surface area contributed by atoms with Gasteiger partial charge in [-0.05, 0) is 44.2 Å². The average molecular weight is 426 g/mol. The van der Waals surface area contributed by atoms with Gasteiger partial charge in [0.15, 0.2) is 11.5 Å². The minimum Gasteiger partial charge on any atom is -0.462 e. The number of carbonyl (C=O) groups is 2. The Morgan fingerprint density at radius 3 is 2.93 bits per heavy atom. The second-order valence-electron chi connectivity index (χ2n) is 7.28. The number of aromatic nitrogens is 1. The van der Waals surface area contributed by atoms with Crippen molar-refractivity contribution < 1.29 is 18.8 Å². The van der Waals surface area contributed by atoms with Gasteiger partial charge in [-0.2, -0.15) is 0 Å². The van der Waals surface area contributed by atoms with Crippen molar-refractivity contribution in [1.82, 2.24) is 5.16 Å². The molecule has 0 radical (unpaired) electrons. The Bertz CT molecular complexity index is 1100. The van der Waals surface area contributed by atoms with Gasteiger partial charge in [0.2, 0.25) is 0 Å². The highest BCUT2D eigenvalue weighted by Crippen LogP contribution is 2.38. The number of hydrogen-bond donors (Lipinski definition) is 2. The minimum absolute atomic E-state index is 0.0574. The Kier molecular flexibility index (Phi) is 5.69. The van der Waals surface area contributed by atoms with Crippen LogP contribution in [0.4, 0.5) is 5.00 Å². The molecule has 30 heavy (non-hydrogen) atoms. The van der Waals surface area contributed by atoms with Crippen LogP contribution >= 0.6 is 11.3 Å². The van der Waals surface area contributed by atoms with E-state index in [1.807, 2.05) is 31.2 Å². The maximum absolute atomic E-state index is 12.8. The molecule has 1 aromatic carbocycles. The highest BCUT2D eigenvalue weighted by Gasteiger charge is 2.30. The minimum atomic E-state index is -0.438. The van der Waals surface area contributed by atoms with Crippen LogP contribution < -0.4 is 11.1 Å². The van der Waals surface area contributed by atoms with Crippen molar-refractivity contribution in [3.05, 3.63) is 57.6 Å². The zero-order valence-electron chi connectivity index (χ0n) is 16.9. The molecule has 0 saturated carbocycles. The Morgan fingerprint density at radius 2 is 2.17 bits per heavy atom. The predicted molar refractivity (Wildman–Crippen MR) is 115 cm³/mol. The molecule has 1 atom stereocenters. The van der Waals surface area contributed by atoms with Crippen molar-refractivity contribution in [3.8, 4) is 11.3 Å². The number of thiophene rings is 1. The summed E-state index contributed by atoms with van der Waals surface area (Å²) >= 11 is 1.38. The van der Waals surface area contributed by atoms with E-state index >= 15 is 0 Å². The molecule has 1 aliphatic rings. The van der Waals surface area contributed by atoms with Gasteiger partial charge in [-0.25, -0.2) is 4.79 Å². The molecule has 2 aromatic heterocycles. The van der Waals surface area contributed by atoms with Crippen LogP contribution in [0, 0.1) is 6.92 Å². The molecular weight excluding hydrogens is 402 g/mol. The molecule has 0 aliphatic heterocycles. The Balaban J connectivity index is 1.62. The van der Waals surface area contributed by atoms with Crippen LogP contribution in [-0.4, -0.2) is 29.7 Å². The number of rotatable bonds is 5. The monoisotopic (exact) mass is 425 g/mol. The van der Waals surface area contributed by atoms with E-state index in [1.54, 1.807) is 13.0 Å². The van der Waals surface area contributed by atoms with E-state index in [2.05, 4.69) is 10.5 Å². The van der Waals surface area contributed by atoms with Gasteiger partial charge in [0, 0.05) is 22.5 Å². The molecule has 2 heterocycles. The Labute approximate surface area is 178 Å². The maximum atomic E-state index is 12.8. The standard InChI is InChI=1S/C22H23N3O4S/c1-3-28-22(27)19-15-9-8-13(23)10-18(15)30-21(19)24-20(26)16-11-17(29-25-16)14-7-5-4-6-12(14)2/h4-7,11,13H,3,8-10,23H2,1-2H3,(H,24,26)/t13-/m1/s1. The van der Waals surface area contributed by atoms with Crippen molar-refractivity contribution >= 4 is 28.2 Å². The van der Waals surface area contributed by atoms with Crippen molar-refractivity contribution in [2.45, 2.75) is 39.2 Å². The van der Waals surface area contributed by atoms with Gasteiger partial charge in [-0.15, -0.1) is 11.3 Å². The molecule has 1 amide bonds. The number of benzene rings is 1. The van der Waals surface area contributed by atoms with Crippen LogP contribution in [0.1, 0.15) is 50.2 Å². The lowest BCUT2D eigenvalue weighted by Crippen LogP contribution is -2.27. The van der Waals surface area contributed by atoms with E-state index in [4.69, 9.17) is 15.0 Å². The summed E-state index contributed by atoms with van der Waals surface area (Å²) in [6.45, 7) is 3.98. The number of nitrogens with two attached hydrogens (primary N) is 1. The van der Waals surface area contributed by atoms with Gasteiger partial charge in [0.05, 0.1) is 12.2 Å². The van der Waals surface area contributed by atoms with Crippen molar-refractivity contribution in [2.75, 3.05) is 11.9 Å². The molecule has 3 N–H and O–H groups in total. The number of esters is 1. The van der Waals surface area contributed by atoms with E-state index in [0.717, 1.165) is 28.0 Å². The number of amides is 1. The number of aryl methyl sites for hydroxylation is 1. The molecule has 8 heteroatoms. The number of ether oxygens (including phenoxy) is 1. The fraction of sp³-hybridized carbons (Fsp3) is 0.318. The molecule has 0 saturated heterocycles. The summed E-state index contributed by atoms with van der Waals surface area (Å²) in [7, 11) is 0. The highest BCUT2D eigenvalue weighted by atomic mass is 32.1. The molecule has 3 aromatic rings.